The van der Waals surface area contributed by atoms with E-state index in [0.29, 0.717) is 31.9 Å². The molecule has 1 unspecified atom stereocenters. The molecular weight excluding hydrogens is 388 g/mol. The van der Waals surface area contributed by atoms with Gasteiger partial charge in [-0.15, -0.1) is 11.3 Å². The number of hydrogen-bond acceptors (Lipinski definition) is 6. The molecule has 1 aromatic carbocycles. The Morgan fingerprint density at radius 1 is 1.28 bits per heavy atom. The van der Waals surface area contributed by atoms with E-state index in [4.69, 9.17) is 0 Å². The first-order valence-corrected chi connectivity index (χ1v) is 10.5. The number of piperazine rings is 1. The summed E-state index contributed by atoms with van der Waals surface area (Å²) in [6.45, 7) is 6.19. The molecule has 2 aromatic heterocycles. The third kappa shape index (κ3) is 4.01. The summed E-state index contributed by atoms with van der Waals surface area (Å²) in [5, 5.41) is 8.29. The highest BCUT2D eigenvalue weighted by Gasteiger charge is 2.33. The topological polar surface area (TPSA) is 83.4 Å². The van der Waals surface area contributed by atoms with Crippen LogP contribution in [0.25, 0.3) is 10.2 Å². The first-order chi connectivity index (χ1) is 13.9. The molecule has 1 aliphatic heterocycles. The van der Waals surface area contributed by atoms with Crippen molar-refractivity contribution in [3.05, 3.63) is 41.2 Å². The van der Waals surface area contributed by atoms with Crippen molar-refractivity contribution in [1.29, 1.82) is 0 Å². The van der Waals surface area contributed by atoms with E-state index in [-0.39, 0.29) is 11.8 Å². The fourth-order valence-electron chi connectivity index (χ4n) is 3.50. The molecule has 1 saturated heterocycles. The number of rotatable bonds is 4. The van der Waals surface area contributed by atoms with E-state index in [0.717, 1.165) is 20.9 Å². The van der Waals surface area contributed by atoms with Crippen LogP contribution in [0.3, 0.4) is 0 Å². The summed E-state index contributed by atoms with van der Waals surface area (Å²) in [4.78, 5) is 33.9. The number of fused-ring (bicyclic) bond motifs is 1. The number of aryl methyl sites for hydroxylation is 2. The van der Waals surface area contributed by atoms with Gasteiger partial charge in [-0.1, -0.05) is 0 Å². The molecule has 9 heteroatoms. The average Bonchev–Trinajstić information content (AvgIpc) is 3.33. The van der Waals surface area contributed by atoms with Crippen LogP contribution in [0, 0.1) is 6.92 Å². The maximum absolute atomic E-state index is 13.0. The van der Waals surface area contributed by atoms with E-state index in [2.05, 4.69) is 15.4 Å². The number of benzene rings is 1. The summed E-state index contributed by atoms with van der Waals surface area (Å²) >= 11 is 1.60. The minimum Gasteiger partial charge on any atom is -0.334 e. The number of thiazole rings is 1. The van der Waals surface area contributed by atoms with Crippen molar-refractivity contribution in [2.75, 3.05) is 32.0 Å². The SMILES string of the molecule is CCn1ccc(C(=O)N2CCN(C)C(C(=O)Nc3ccc4nc(C)sc4c3)C2)n1. The number of hydrogen-bond donors (Lipinski definition) is 1. The highest BCUT2D eigenvalue weighted by molar-refractivity contribution is 7.18. The summed E-state index contributed by atoms with van der Waals surface area (Å²) in [7, 11) is 1.91. The highest BCUT2D eigenvalue weighted by atomic mass is 32.1. The van der Waals surface area contributed by atoms with Crippen molar-refractivity contribution in [2.45, 2.75) is 26.4 Å². The molecule has 152 valence electrons. The van der Waals surface area contributed by atoms with Crippen LogP contribution in [0.5, 0.6) is 0 Å². The molecule has 1 atom stereocenters. The maximum Gasteiger partial charge on any atom is 0.274 e. The van der Waals surface area contributed by atoms with Crippen molar-refractivity contribution in [3.63, 3.8) is 0 Å². The molecule has 0 saturated carbocycles. The fraction of sp³-hybridized carbons (Fsp3) is 0.400. The zero-order valence-electron chi connectivity index (χ0n) is 16.8. The van der Waals surface area contributed by atoms with Gasteiger partial charge in [0.2, 0.25) is 5.91 Å². The molecule has 1 aliphatic rings. The van der Waals surface area contributed by atoms with Crippen LogP contribution >= 0.6 is 11.3 Å². The van der Waals surface area contributed by atoms with E-state index in [1.165, 1.54) is 0 Å². The molecule has 8 nitrogen and oxygen atoms in total. The van der Waals surface area contributed by atoms with Gasteiger partial charge in [-0.3, -0.25) is 19.2 Å². The minimum absolute atomic E-state index is 0.121. The normalized spacial score (nSPS) is 17.6. The molecule has 0 bridgehead atoms. The van der Waals surface area contributed by atoms with Gasteiger partial charge in [0.25, 0.3) is 5.91 Å². The summed E-state index contributed by atoms with van der Waals surface area (Å²) in [6.07, 6.45) is 1.80. The first-order valence-electron chi connectivity index (χ1n) is 9.65. The second-order valence-corrected chi connectivity index (χ2v) is 8.44. The van der Waals surface area contributed by atoms with Crippen molar-refractivity contribution < 1.29 is 9.59 Å². The molecule has 0 aliphatic carbocycles. The van der Waals surface area contributed by atoms with E-state index in [1.807, 2.05) is 44.0 Å². The van der Waals surface area contributed by atoms with Gasteiger partial charge in [-0.2, -0.15) is 5.10 Å². The summed E-state index contributed by atoms with van der Waals surface area (Å²) in [5.74, 6) is -0.255. The third-order valence-corrected chi connectivity index (χ3v) is 6.12. The zero-order valence-corrected chi connectivity index (χ0v) is 17.6. The Morgan fingerprint density at radius 2 is 2.10 bits per heavy atom. The smallest absolute Gasteiger partial charge is 0.274 e. The average molecular weight is 413 g/mol. The monoisotopic (exact) mass is 412 g/mol. The summed E-state index contributed by atoms with van der Waals surface area (Å²) < 4.78 is 2.77. The maximum atomic E-state index is 13.0. The van der Waals surface area contributed by atoms with E-state index in [1.54, 1.807) is 33.2 Å². The quantitative estimate of drug-likeness (QED) is 0.710. The Hall–Kier alpha value is -2.78. The number of carbonyl (C=O) groups is 2. The molecule has 0 radical (unpaired) electrons. The predicted molar refractivity (Wildman–Crippen MR) is 113 cm³/mol. The lowest BCUT2D eigenvalue weighted by molar-refractivity contribution is -0.122. The Balaban J connectivity index is 1.46. The van der Waals surface area contributed by atoms with Gasteiger partial charge in [0, 0.05) is 38.1 Å². The molecule has 29 heavy (non-hydrogen) atoms. The number of nitrogens with zero attached hydrogens (tertiary/aromatic N) is 5. The van der Waals surface area contributed by atoms with Crippen LogP contribution in [-0.2, 0) is 11.3 Å². The van der Waals surface area contributed by atoms with Crippen LogP contribution in [0.2, 0.25) is 0 Å². The van der Waals surface area contributed by atoms with Gasteiger partial charge in [-0.05, 0) is 45.2 Å². The second-order valence-electron chi connectivity index (χ2n) is 7.21. The van der Waals surface area contributed by atoms with Gasteiger partial charge in [0.15, 0.2) is 0 Å². The first kappa shape index (κ1) is 19.5. The second kappa shape index (κ2) is 7.92. The molecule has 3 aromatic rings. The number of carbonyl (C=O) groups excluding carboxylic acids is 2. The van der Waals surface area contributed by atoms with Gasteiger partial charge < -0.3 is 10.2 Å². The molecule has 1 fully saturated rings. The minimum atomic E-state index is -0.417. The number of likely N-dealkylation sites (N-methyl/N-ethyl adjacent to an activating group) is 1. The van der Waals surface area contributed by atoms with Gasteiger partial charge >= 0.3 is 0 Å². The van der Waals surface area contributed by atoms with Crippen LogP contribution < -0.4 is 5.32 Å². The molecule has 2 amide bonds. The number of anilines is 1. The molecular formula is C20H24N6O2S. The summed E-state index contributed by atoms with van der Waals surface area (Å²) in [5.41, 5.74) is 2.09. The standard InChI is InChI=1S/C20H24N6O2S/c1-4-26-8-7-16(23-26)20(28)25-10-9-24(3)17(12-25)19(27)22-14-5-6-15-18(11-14)29-13(2)21-15/h5-8,11,17H,4,9-10,12H2,1-3H3,(H,22,27). The Bertz CT molecular complexity index is 1060. The lowest BCUT2D eigenvalue weighted by atomic mass is 10.1. The summed E-state index contributed by atoms with van der Waals surface area (Å²) in [6, 6.07) is 7.04. The van der Waals surface area contributed by atoms with E-state index < -0.39 is 6.04 Å². The molecule has 3 heterocycles. The highest BCUT2D eigenvalue weighted by Crippen LogP contribution is 2.25. The molecule has 0 spiro atoms. The Labute approximate surface area is 173 Å². The van der Waals surface area contributed by atoms with Gasteiger partial charge in [-0.25, -0.2) is 4.98 Å². The number of aromatic nitrogens is 3. The Kier molecular flexibility index (Phi) is 5.33. The number of amides is 2. The van der Waals surface area contributed by atoms with Crippen molar-refractivity contribution in [1.82, 2.24) is 24.6 Å². The number of nitrogens with one attached hydrogen (secondary N) is 1. The van der Waals surface area contributed by atoms with Crippen LogP contribution in [0.15, 0.2) is 30.5 Å². The molecule has 4 rings (SSSR count). The van der Waals surface area contributed by atoms with Crippen molar-refractivity contribution in [3.8, 4) is 0 Å². The van der Waals surface area contributed by atoms with Crippen LogP contribution in [-0.4, -0.2) is 69.1 Å². The zero-order chi connectivity index (χ0) is 20.5. The predicted octanol–water partition coefficient (Wildman–Crippen LogP) is 2.22. The lowest BCUT2D eigenvalue weighted by Crippen LogP contribution is -2.57. The van der Waals surface area contributed by atoms with Crippen molar-refractivity contribution in [2.24, 2.45) is 0 Å². The largest absolute Gasteiger partial charge is 0.334 e. The third-order valence-electron chi connectivity index (χ3n) is 5.18. The van der Waals surface area contributed by atoms with E-state index in [9.17, 15) is 9.59 Å². The Morgan fingerprint density at radius 3 is 2.86 bits per heavy atom. The van der Waals surface area contributed by atoms with Crippen LogP contribution in [0.4, 0.5) is 5.69 Å². The van der Waals surface area contributed by atoms with Gasteiger partial charge in [0.05, 0.1) is 15.2 Å². The lowest BCUT2D eigenvalue weighted by Gasteiger charge is -2.38. The van der Waals surface area contributed by atoms with Crippen molar-refractivity contribution >= 4 is 39.1 Å². The fourth-order valence-corrected chi connectivity index (χ4v) is 4.36. The van der Waals surface area contributed by atoms with Crippen LogP contribution in [0.1, 0.15) is 22.4 Å². The van der Waals surface area contributed by atoms with E-state index >= 15 is 0 Å². The van der Waals surface area contributed by atoms with Gasteiger partial charge in [0.1, 0.15) is 11.7 Å². The molecule has 1 N–H and O–H groups in total.